The van der Waals surface area contributed by atoms with E-state index in [1.54, 1.807) is 4.90 Å². The van der Waals surface area contributed by atoms with Crippen molar-refractivity contribution >= 4 is 12.2 Å². The molecule has 0 radical (unpaired) electrons. The van der Waals surface area contributed by atoms with Crippen LogP contribution in [0, 0.1) is 11.3 Å². The highest BCUT2D eigenvalue weighted by molar-refractivity contribution is 5.79. The van der Waals surface area contributed by atoms with Crippen LogP contribution in [0.3, 0.4) is 0 Å². The summed E-state index contributed by atoms with van der Waals surface area (Å²) in [6.07, 6.45) is 1.29. The summed E-state index contributed by atoms with van der Waals surface area (Å²) in [7, 11) is 0. The third-order valence-corrected chi connectivity index (χ3v) is 8.10. The molecule has 38 heavy (non-hydrogen) atoms. The Hall–Kier alpha value is -4.31. The van der Waals surface area contributed by atoms with Crippen molar-refractivity contribution in [2.45, 2.75) is 55.8 Å². The van der Waals surface area contributed by atoms with E-state index in [2.05, 4.69) is 35.7 Å². The van der Waals surface area contributed by atoms with Crippen LogP contribution >= 0.6 is 0 Å². The smallest absolute Gasteiger partial charge is 0.410 e. The predicted octanol–water partition coefficient (Wildman–Crippen LogP) is 5.75. The second-order valence-electron chi connectivity index (χ2n) is 10.4. The van der Waals surface area contributed by atoms with Crippen molar-refractivity contribution in [3.05, 3.63) is 95.6 Å². The number of rotatable bonds is 5. The molecule has 2 fully saturated rings. The highest BCUT2D eigenvalue weighted by atomic mass is 16.6. The lowest BCUT2D eigenvalue weighted by Gasteiger charge is -2.42. The van der Waals surface area contributed by atoms with Gasteiger partial charge < -0.3 is 19.7 Å². The van der Waals surface area contributed by atoms with Gasteiger partial charge in [-0.2, -0.15) is 5.26 Å². The third kappa shape index (κ3) is 4.37. The van der Waals surface area contributed by atoms with Gasteiger partial charge in [-0.15, -0.1) is 0 Å². The Morgan fingerprint density at radius 2 is 1.45 bits per heavy atom. The van der Waals surface area contributed by atoms with Crippen LogP contribution in [0.2, 0.25) is 0 Å². The van der Waals surface area contributed by atoms with E-state index >= 15 is 0 Å². The highest BCUT2D eigenvalue weighted by Gasteiger charge is 2.52. The number of carbonyl (C=O) groups excluding carboxylic acids is 2. The molecule has 7 heteroatoms. The number of hydrogen-bond acceptors (Lipinski definition) is 5. The van der Waals surface area contributed by atoms with E-state index in [4.69, 9.17) is 9.47 Å². The summed E-state index contributed by atoms with van der Waals surface area (Å²) < 4.78 is 11.3. The van der Waals surface area contributed by atoms with Crippen molar-refractivity contribution in [2.24, 2.45) is 0 Å². The molecule has 2 atom stereocenters. The molecular formula is C31H29N3O4. The number of carbonyl (C=O) groups is 2. The van der Waals surface area contributed by atoms with Crippen LogP contribution in [0.5, 0.6) is 0 Å². The van der Waals surface area contributed by atoms with E-state index in [0.29, 0.717) is 12.8 Å². The number of nitrogens with one attached hydrogen (secondary N) is 1. The quantitative estimate of drug-likeness (QED) is 0.475. The lowest BCUT2D eigenvalue weighted by atomic mass is 9.84. The maximum Gasteiger partial charge on any atom is 0.410 e. The monoisotopic (exact) mass is 507 g/mol. The first-order valence-corrected chi connectivity index (χ1v) is 13.1. The van der Waals surface area contributed by atoms with Gasteiger partial charge in [0.25, 0.3) is 0 Å². The van der Waals surface area contributed by atoms with E-state index in [1.165, 1.54) is 0 Å². The Morgan fingerprint density at radius 1 is 0.868 bits per heavy atom. The molecule has 2 amide bonds. The fraction of sp³-hybridized carbons (Fsp3) is 0.323. The largest absolute Gasteiger partial charge is 0.449 e. The Balaban J connectivity index is 1.09. The standard InChI is InChI=1S/C31H29N3O4/c32-20-31(16-22-14-15-23(17-31)34(22)30(36)38-18-21-8-2-1-3-9-21)33-29(35)37-19-28-26-12-6-4-10-24(26)25-11-5-7-13-27(25)28/h1-13,22-23,28H,14-19H2,(H,33,35). The summed E-state index contributed by atoms with van der Waals surface area (Å²) in [5, 5.41) is 13.0. The fourth-order valence-electron chi connectivity index (χ4n) is 6.39. The molecule has 6 rings (SSSR count). The number of nitriles is 1. The molecule has 192 valence electrons. The van der Waals surface area contributed by atoms with E-state index in [-0.39, 0.29) is 37.3 Å². The number of benzene rings is 3. The van der Waals surface area contributed by atoms with Gasteiger partial charge in [0.05, 0.1) is 6.07 Å². The van der Waals surface area contributed by atoms with Crippen LogP contribution in [0.15, 0.2) is 78.9 Å². The topological polar surface area (TPSA) is 91.7 Å². The maximum atomic E-state index is 13.0. The molecule has 0 spiro atoms. The molecule has 3 aromatic carbocycles. The highest BCUT2D eigenvalue weighted by Crippen LogP contribution is 2.45. The minimum atomic E-state index is -1.08. The van der Waals surface area contributed by atoms with Crippen LogP contribution < -0.4 is 5.32 Å². The summed E-state index contributed by atoms with van der Waals surface area (Å²) >= 11 is 0. The molecule has 1 aliphatic carbocycles. The number of piperidine rings is 1. The van der Waals surface area contributed by atoms with Gasteiger partial charge in [-0.1, -0.05) is 78.9 Å². The van der Waals surface area contributed by atoms with Gasteiger partial charge in [0, 0.05) is 30.8 Å². The van der Waals surface area contributed by atoms with Gasteiger partial charge in [0.1, 0.15) is 18.8 Å². The predicted molar refractivity (Wildman–Crippen MR) is 141 cm³/mol. The minimum absolute atomic E-state index is 0.0522. The molecule has 3 aromatic rings. The Labute approximate surface area is 222 Å². The third-order valence-electron chi connectivity index (χ3n) is 8.10. The summed E-state index contributed by atoms with van der Waals surface area (Å²) in [4.78, 5) is 27.7. The van der Waals surface area contributed by atoms with Crippen molar-refractivity contribution in [1.82, 2.24) is 10.2 Å². The summed E-state index contributed by atoms with van der Waals surface area (Å²) in [5.74, 6) is -0.0522. The van der Waals surface area contributed by atoms with Gasteiger partial charge >= 0.3 is 12.2 Å². The molecule has 1 N–H and O–H groups in total. The molecule has 7 nitrogen and oxygen atoms in total. The number of nitrogens with zero attached hydrogens (tertiary/aromatic N) is 2. The zero-order valence-corrected chi connectivity index (χ0v) is 21.0. The molecule has 2 heterocycles. The summed E-state index contributed by atoms with van der Waals surface area (Å²) in [6, 6.07) is 27.9. The Morgan fingerprint density at radius 3 is 2.05 bits per heavy atom. The number of hydrogen-bond donors (Lipinski definition) is 1. The Kier molecular flexibility index (Phi) is 6.24. The number of alkyl carbamates (subject to hydrolysis) is 1. The first-order valence-electron chi connectivity index (χ1n) is 13.1. The van der Waals surface area contributed by atoms with Crippen molar-refractivity contribution in [3.8, 4) is 17.2 Å². The van der Waals surface area contributed by atoms with Crippen LogP contribution in [-0.4, -0.2) is 41.3 Å². The fourth-order valence-corrected chi connectivity index (χ4v) is 6.39. The van der Waals surface area contributed by atoms with Gasteiger partial charge in [-0.25, -0.2) is 9.59 Å². The molecule has 2 saturated heterocycles. The van der Waals surface area contributed by atoms with Crippen LogP contribution in [-0.2, 0) is 16.1 Å². The molecule has 2 unspecified atom stereocenters. The molecule has 3 aliphatic rings. The zero-order chi connectivity index (χ0) is 26.1. The van der Waals surface area contributed by atoms with Crippen molar-refractivity contribution in [1.29, 1.82) is 5.26 Å². The second-order valence-corrected chi connectivity index (χ2v) is 10.4. The first-order chi connectivity index (χ1) is 18.6. The van der Waals surface area contributed by atoms with E-state index in [9.17, 15) is 14.9 Å². The lowest BCUT2D eigenvalue weighted by molar-refractivity contribution is 0.0478. The summed E-state index contributed by atoms with van der Waals surface area (Å²) in [5.41, 5.74) is 4.44. The molecule has 0 saturated carbocycles. The Bertz CT molecular complexity index is 1340. The van der Waals surface area contributed by atoms with Crippen molar-refractivity contribution < 1.29 is 19.1 Å². The van der Waals surface area contributed by atoms with Crippen molar-refractivity contribution in [2.75, 3.05) is 6.61 Å². The van der Waals surface area contributed by atoms with Gasteiger partial charge in [0.2, 0.25) is 0 Å². The first kappa shape index (κ1) is 24.1. The number of amides is 2. The minimum Gasteiger partial charge on any atom is -0.449 e. The van der Waals surface area contributed by atoms with Crippen LogP contribution in [0.25, 0.3) is 11.1 Å². The molecule has 2 aliphatic heterocycles. The van der Waals surface area contributed by atoms with Crippen molar-refractivity contribution in [3.63, 3.8) is 0 Å². The zero-order valence-electron chi connectivity index (χ0n) is 21.0. The van der Waals surface area contributed by atoms with E-state index in [0.717, 1.165) is 40.7 Å². The molecule has 0 aromatic heterocycles. The van der Waals surface area contributed by atoms with Gasteiger partial charge in [-0.05, 0) is 40.7 Å². The normalized spacial score (nSPS) is 23.2. The lowest BCUT2D eigenvalue weighted by Crippen LogP contribution is -2.59. The molecular weight excluding hydrogens is 478 g/mol. The number of ether oxygens (including phenoxy) is 2. The van der Waals surface area contributed by atoms with Gasteiger partial charge in [-0.3, -0.25) is 0 Å². The summed E-state index contributed by atoms with van der Waals surface area (Å²) in [6.45, 7) is 0.392. The van der Waals surface area contributed by atoms with Crippen LogP contribution in [0.4, 0.5) is 9.59 Å². The second kappa shape index (κ2) is 9.86. The van der Waals surface area contributed by atoms with Gasteiger partial charge in [0.15, 0.2) is 0 Å². The van der Waals surface area contributed by atoms with Crippen LogP contribution in [0.1, 0.15) is 48.3 Å². The van der Waals surface area contributed by atoms with E-state index in [1.807, 2.05) is 54.6 Å². The SMILES string of the molecule is N#CC1(NC(=O)OCC2c3ccccc3-c3ccccc32)CC2CCC(C1)N2C(=O)OCc1ccccc1. The average Bonchev–Trinajstić information content (AvgIpc) is 3.42. The van der Waals surface area contributed by atoms with E-state index < -0.39 is 11.6 Å². The molecule has 2 bridgehead atoms. The maximum absolute atomic E-state index is 13.0. The average molecular weight is 508 g/mol. The number of fused-ring (bicyclic) bond motifs is 5.